The van der Waals surface area contributed by atoms with Gasteiger partial charge in [0.15, 0.2) is 0 Å². The van der Waals surface area contributed by atoms with Crippen molar-refractivity contribution in [1.29, 1.82) is 0 Å². The fraction of sp³-hybridized carbons (Fsp3) is 0.333. The number of aromatic nitrogens is 3. The number of hydrogen-bond acceptors (Lipinski definition) is 4. The number of rotatable bonds is 4. The number of aliphatic hydroxyl groups is 1. The first kappa shape index (κ1) is 10.7. The van der Waals surface area contributed by atoms with Crippen LogP contribution in [0.3, 0.4) is 0 Å². The van der Waals surface area contributed by atoms with Gasteiger partial charge in [0.25, 0.3) is 0 Å². The Hall–Kier alpha value is -1.76. The highest BCUT2D eigenvalue weighted by molar-refractivity contribution is 5.75. The molecule has 7 heteroatoms. The molecule has 0 aliphatic carbocycles. The Balaban J connectivity index is 2.37. The second kappa shape index (κ2) is 4.40. The number of alkyl halides is 2. The lowest BCUT2D eigenvalue weighted by molar-refractivity contribution is -0.0497. The standard InChI is InChI=1S/C9H9F2N3O2/c10-9(11)16-6-1-2-7-8(5-6)14(3-4-15)13-12-7/h1-2,5,9,15H,3-4H2. The molecule has 0 amide bonds. The van der Waals surface area contributed by atoms with E-state index in [0.29, 0.717) is 11.0 Å². The van der Waals surface area contributed by atoms with Gasteiger partial charge in [0.2, 0.25) is 0 Å². The van der Waals surface area contributed by atoms with Gasteiger partial charge in [0.1, 0.15) is 11.3 Å². The second-order valence-electron chi connectivity index (χ2n) is 3.07. The summed E-state index contributed by atoms with van der Waals surface area (Å²) in [7, 11) is 0. The van der Waals surface area contributed by atoms with E-state index in [9.17, 15) is 8.78 Å². The third kappa shape index (κ3) is 2.08. The summed E-state index contributed by atoms with van der Waals surface area (Å²) in [5, 5.41) is 16.4. The van der Waals surface area contributed by atoms with Crippen LogP contribution in [0.4, 0.5) is 8.78 Å². The number of nitrogens with zero attached hydrogens (tertiary/aromatic N) is 3. The molecule has 0 unspecified atom stereocenters. The van der Waals surface area contributed by atoms with Crippen molar-refractivity contribution >= 4 is 11.0 Å². The maximum atomic E-state index is 12.0. The highest BCUT2D eigenvalue weighted by Gasteiger charge is 2.08. The average molecular weight is 229 g/mol. The van der Waals surface area contributed by atoms with Crippen LogP contribution in [0.25, 0.3) is 11.0 Å². The fourth-order valence-electron chi connectivity index (χ4n) is 1.38. The van der Waals surface area contributed by atoms with Gasteiger partial charge in [-0.2, -0.15) is 8.78 Å². The zero-order chi connectivity index (χ0) is 11.5. The van der Waals surface area contributed by atoms with Crippen molar-refractivity contribution < 1.29 is 18.6 Å². The lowest BCUT2D eigenvalue weighted by Crippen LogP contribution is -2.05. The Labute approximate surface area is 89.2 Å². The van der Waals surface area contributed by atoms with Crippen LogP contribution in [0.1, 0.15) is 0 Å². The SMILES string of the molecule is OCCn1nnc2ccc(OC(F)F)cc21. The van der Waals surface area contributed by atoms with E-state index in [-0.39, 0.29) is 18.9 Å². The fourth-order valence-corrected chi connectivity index (χ4v) is 1.38. The number of halogens is 2. The second-order valence-corrected chi connectivity index (χ2v) is 3.07. The maximum absolute atomic E-state index is 12.0. The van der Waals surface area contributed by atoms with Crippen molar-refractivity contribution in [3.8, 4) is 5.75 Å². The molecule has 0 spiro atoms. The molecule has 0 aliphatic heterocycles. The van der Waals surface area contributed by atoms with Gasteiger partial charge in [-0.15, -0.1) is 5.10 Å². The Morgan fingerprint density at radius 2 is 2.25 bits per heavy atom. The van der Waals surface area contributed by atoms with E-state index in [1.807, 2.05) is 0 Å². The molecule has 0 fully saturated rings. The Kier molecular flexibility index (Phi) is 2.95. The smallest absolute Gasteiger partial charge is 0.387 e. The molecule has 5 nitrogen and oxygen atoms in total. The normalized spacial score (nSPS) is 11.2. The summed E-state index contributed by atoms with van der Waals surface area (Å²) >= 11 is 0. The van der Waals surface area contributed by atoms with E-state index in [2.05, 4.69) is 15.0 Å². The van der Waals surface area contributed by atoms with Crippen LogP contribution >= 0.6 is 0 Å². The van der Waals surface area contributed by atoms with Gasteiger partial charge < -0.3 is 9.84 Å². The van der Waals surface area contributed by atoms with E-state index in [4.69, 9.17) is 5.11 Å². The van der Waals surface area contributed by atoms with Crippen molar-refractivity contribution in [3.05, 3.63) is 18.2 Å². The van der Waals surface area contributed by atoms with Gasteiger partial charge in [-0.1, -0.05) is 5.21 Å². The van der Waals surface area contributed by atoms with Gasteiger partial charge in [0.05, 0.1) is 18.7 Å². The summed E-state index contributed by atoms with van der Waals surface area (Å²) in [4.78, 5) is 0. The van der Waals surface area contributed by atoms with E-state index in [1.165, 1.54) is 22.9 Å². The molecule has 0 saturated carbocycles. The van der Waals surface area contributed by atoms with Crippen molar-refractivity contribution in [2.24, 2.45) is 0 Å². The van der Waals surface area contributed by atoms with Crippen LogP contribution in [0, 0.1) is 0 Å². The summed E-state index contributed by atoms with van der Waals surface area (Å²) in [5.74, 6) is 0.0454. The molecular weight excluding hydrogens is 220 g/mol. The average Bonchev–Trinajstić information content (AvgIpc) is 2.61. The number of aliphatic hydroxyl groups excluding tert-OH is 1. The third-order valence-corrected chi connectivity index (χ3v) is 2.02. The molecule has 0 aliphatic rings. The molecule has 1 aromatic carbocycles. The van der Waals surface area contributed by atoms with Crippen molar-refractivity contribution in [1.82, 2.24) is 15.0 Å². The number of hydrogen-bond donors (Lipinski definition) is 1. The third-order valence-electron chi connectivity index (χ3n) is 2.02. The lowest BCUT2D eigenvalue weighted by Gasteiger charge is -2.04. The highest BCUT2D eigenvalue weighted by Crippen LogP contribution is 2.20. The van der Waals surface area contributed by atoms with Crippen LogP contribution in [0.2, 0.25) is 0 Å². The summed E-state index contributed by atoms with van der Waals surface area (Å²) < 4.78 is 29.7. The minimum absolute atomic E-state index is 0.0454. The zero-order valence-corrected chi connectivity index (χ0v) is 8.18. The Morgan fingerprint density at radius 3 is 2.94 bits per heavy atom. The van der Waals surface area contributed by atoms with Crippen LogP contribution in [-0.4, -0.2) is 33.3 Å². The van der Waals surface area contributed by atoms with E-state index >= 15 is 0 Å². The van der Waals surface area contributed by atoms with Gasteiger partial charge in [0, 0.05) is 6.07 Å². The minimum Gasteiger partial charge on any atom is -0.435 e. The molecule has 0 saturated heterocycles. The zero-order valence-electron chi connectivity index (χ0n) is 8.18. The van der Waals surface area contributed by atoms with Crippen molar-refractivity contribution in [3.63, 3.8) is 0 Å². The van der Waals surface area contributed by atoms with Crippen LogP contribution in [-0.2, 0) is 6.54 Å². The van der Waals surface area contributed by atoms with Gasteiger partial charge in [-0.3, -0.25) is 0 Å². The summed E-state index contributed by atoms with van der Waals surface area (Å²) in [6.07, 6.45) is 0. The molecule has 16 heavy (non-hydrogen) atoms. The van der Waals surface area contributed by atoms with E-state index in [0.717, 1.165) is 0 Å². The number of benzene rings is 1. The quantitative estimate of drug-likeness (QED) is 0.850. The predicted molar refractivity (Wildman–Crippen MR) is 51.2 cm³/mol. The predicted octanol–water partition coefficient (Wildman–Crippen LogP) is 1.02. The first-order valence-electron chi connectivity index (χ1n) is 4.59. The molecule has 2 aromatic rings. The topological polar surface area (TPSA) is 60.2 Å². The van der Waals surface area contributed by atoms with E-state index < -0.39 is 6.61 Å². The molecule has 0 bridgehead atoms. The first-order valence-corrected chi connectivity index (χ1v) is 4.59. The minimum atomic E-state index is -2.86. The van der Waals surface area contributed by atoms with Gasteiger partial charge in [-0.25, -0.2) is 4.68 Å². The largest absolute Gasteiger partial charge is 0.435 e. The summed E-state index contributed by atoms with van der Waals surface area (Å²) in [5.41, 5.74) is 1.11. The van der Waals surface area contributed by atoms with Gasteiger partial charge in [-0.05, 0) is 12.1 Å². The molecular formula is C9H9F2N3O2. The van der Waals surface area contributed by atoms with Crippen LogP contribution in [0.15, 0.2) is 18.2 Å². The van der Waals surface area contributed by atoms with Crippen molar-refractivity contribution in [2.45, 2.75) is 13.2 Å². The summed E-state index contributed by atoms with van der Waals surface area (Å²) in [6, 6.07) is 4.34. The lowest BCUT2D eigenvalue weighted by atomic mass is 10.3. The maximum Gasteiger partial charge on any atom is 0.387 e. The van der Waals surface area contributed by atoms with Crippen molar-refractivity contribution in [2.75, 3.05) is 6.61 Å². The van der Waals surface area contributed by atoms with Gasteiger partial charge >= 0.3 is 6.61 Å². The molecule has 0 atom stereocenters. The summed E-state index contributed by atoms with van der Waals surface area (Å²) in [6.45, 7) is -2.70. The number of fused-ring (bicyclic) bond motifs is 1. The molecule has 1 aromatic heterocycles. The molecule has 0 radical (unpaired) electrons. The Morgan fingerprint density at radius 1 is 1.44 bits per heavy atom. The first-order chi connectivity index (χ1) is 7.70. The highest BCUT2D eigenvalue weighted by atomic mass is 19.3. The number of ether oxygens (including phenoxy) is 1. The van der Waals surface area contributed by atoms with Crippen LogP contribution in [0.5, 0.6) is 5.75 Å². The molecule has 86 valence electrons. The van der Waals surface area contributed by atoms with E-state index in [1.54, 1.807) is 0 Å². The molecule has 1 N–H and O–H groups in total. The molecule has 1 heterocycles. The molecule has 2 rings (SSSR count). The van der Waals surface area contributed by atoms with Crippen LogP contribution < -0.4 is 4.74 Å². The monoisotopic (exact) mass is 229 g/mol. The Bertz CT molecular complexity index is 487.